The smallest absolute Gasteiger partial charge is 0.251 e. The van der Waals surface area contributed by atoms with Crippen LogP contribution >= 0.6 is 11.6 Å². The molecule has 0 heterocycles. The second-order valence-electron chi connectivity index (χ2n) is 5.58. The van der Waals surface area contributed by atoms with Crippen LogP contribution in [0, 0.1) is 5.82 Å². The highest BCUT2D eigenvalue weighted by Gasteiger charge is 2.07. The minimum Gasteiger partial charge on any atom is -0.494 e. The third kappa shape index (κ3) is 6.04. The summed E-state index contributed by atoms with van der Waals surface area (Å²) < 4.78 is 18.4. The Balaban J connectivity index is 1.66. The van der Waals surface area contributed by atoms with Gasteiger partial charge in [-0.05, 0) is 48.4 Å². The number of hydrogen-bond acceptors (Lipinski definition) is 3. The molecular formula is C19H20ClFN2O3. The molecule has 2 amide bonds. The Kier molecular flexibility index (Phi) is 7.41. The number of halogens is 2. The lowest BCUT2D eigenvalue weighted by Gasteiger charge is -2.08. The van der Waals surface area contributed by atoms with Gasteiger partial charge in [-0.25, -0.2) is 4.39 Å². The standard InChI is InChI=1S/C19H20ClFN2O3/c1-26-17-8-2-13(12-16(17)21)3-9-18(24)22-10-11-23-19(25)14-4-6-15(20)7-5-14/h2,4-8,12H,3,9-11H2,1H3,(H,22,24)(H,23,25). The summed E-state index contributed by atoms with van der Waals surface area (Å²) in [5, 5.41) is 5.98. The van der Waals surface area contributed by atoms with Gasteiger partial charge in [0.15, 0.2) is 11.6 Å². The van der Waals surface area contributed by atoms with Crippen LogP contribution in [0.2, 0.25) is 5.02 Å². The number of nitrogens with one attached hydrogen (secondary N) is 2. The Morgan fingerprint density at radius 2 is 1.77 bits per heavy atom. The normalized spacial score (nSPS) is 10.3. The summed E-state index contributed by atoms with van der Waals surface area (Å²) in [6.45, 7) is 0.625. The van der Waals surface area contributed by atoms with Crippen LogP contribution in [0.15, 0.2) is 42.5 Å². The van der Waals surface area contributed by atoms with E-state index in [9.17, 15) is 14.0 Å². The summed E-state index contributed by atoms with van der Waals surface area (Å²) in [7, 11) is 1.40. The van der Waals surface area contributed by atoms with E-state index in [4.69, 9.17) is 16.3 Å². The molecule has 0 aliphatic carbocycles. The fourth-order valence-electron chi connectivity index (χ4n) is 2.29. The predicted molar refractivity (Wildman–Crippen MR) is 98.1 cm³/mol. The van der Waals surface area contributed by atoms with E-state index in [1.54, 1.807) is 30.3 Å². The summed E-state index contributed by atoms with van der Waals surface area (Å²) in [6.07, 6.45) is 0.654. The molecule has 0 atom stereocenters. The molecule has 2 aromatic carbocycles. The van der Waals surface area contributed by atoms with Crippen molar-refractivity contribution in [1.82, 2.24) is 10.6 Å². The minimum absolute atomic E-state index is 0.165. The second-order valence-corrected chi connectivity index (χ2v) is 6.02. The molecule has 2 rings (SSSR count). The van der Waals surface area contributed by atoms with Gasteiger partial charge in [0.2, 0.25) is 5.91 Å². The van der Waals surface area contributed by atoms with Crippen LogP contribution in [-0.4, -0.2) is 32.0 Å². The molecule has 0 spiro atoms. The van der Waals surface area contributed by atoms with E-state index in [1.807, 2.05) is 0 Å². The predicted octanol–water partition coefficient (Wildman–Crippen LogP) is 2.97. The van der Waals surface area contributed by atoms with Crippen LogP contribution in [-0.2, 0) is 11.2 Å². The van der Waals surface area contributed by atoms with Crippen molar-refractivity contribution in [3.63, 3.8) is 0 Å². The maximum Gasteiger partial charge on any atom is 0.251 e. The van der Waals surface area contributed by atoms with Crippen molar-refractivity contribution in [2.75, 3.05) is 20.2 Å². The van der Waals surface area contributed by atoms with Crippen molar-refractivity contribution in [3.05, 3.63) is 64.4 Å². The van der Waals surface area contributed by atoms with Gasteiger partial charge in [0.05, 0.1) is 7.11 Å². The molecule has 0 aliphatic heterocycles. The third-order valence-electron chi connectivity index (χ3n) is 3.70. The molecule has 0 aromatic heterocycles. The molecule has 0 bridgehead atoms. The molecule has 0 saturated heterocycles. The number of hydrogen-bond donors (Lipinski definition) is 2. The summed E-state index contributed by atoms with van der Waals surface area (Å²) in [5.41, 5.74) is 1.22. The van der Waals surface area contributed by atoms with Crippen LogP contribution < -0.4 is 15.4 Å². The molecular weight excluding hydrogens is 359 g/mol. The second kappa shape index (κ2) is 9.77. The van der Waals surface area contributed by atoms with Crippen LogP contribution in [0.5, 0.6) is 5.75 Å². The first-order valence-electron chi connectivity index (χ1n) is 8.12. The summed E-state index contributed by atoms with van der Waals surface area (Å²) in [5.74, 6) is -0.670. The van der Waals surface area contributed by atoms with Gasteiger partial charge in [0.25, 0.3) is 5.91 Å². The number of benzene rings is 2. The Hall–Kier alpha value is -2.60. The van der Waals surface area contributed by atoms with E-state index in [0.29, 0.717) is 30.1 Å². The zero-order valence-electron chi connectivity index (χ0n) is 14.4. The van der Waals surface area contributed by atoms with Crippen molar-refractivity contribution in [1.29, 1.82) is 0 Å². The minimum atomic E-state index is -0.449. The Morgan fingerprint density at radius 1 is 1.08 bits per heavy atom. The SMILES string of the molecule is COc1ccc(CCC(=O)NCCNC(=O)c2ccc(Cl)cc2)cc1F. The Labute approximate surface area is 156 Å². The van der Waals surface area contributed by atoms with Crippen LogP contribution in [0.25, 0.3) is 0 Å². The topological polar surface area (TPSA) is 67.4 Å². The van der Waals surface area contributed by atoms with Gasteiger partial charge in [-0.3, -0.25) is 9.59 Å². The van der Waals surface area contributed by atoms with E-state index >= 15 is 0 Å². The average molecular weight is 379 g/mol. The van der Waals surface area contributed by atoms with Crippen molar-refractivity contribution in [3.8, 4) is 5.75 Å². The maximum absolute atomic E-state index is 13.6. The molecule has 2 N–H and O–H groups in total. The van der Waals surface area contributed by atoms with Gasteiger partial charge in [0, 0.05) is 30.1 Å². The highest BCUT2D eigenvalue weighted by Crippen LogP contribution is 2.18. The number of methoxy groups -OCH3 is 1. The molecule has 0 fully saturated rings. The number of carbonyl (C=O) groups excluding carboxylic acids is 2. The largest absolute Gasteiger partial charge is 0.494 e. The summed E-state index contributed by atoms with van der Waals surface area (Å²) in [4.78, 5) is 23.7. The van der Waals surface area contributed by atoms with Crippen molar-refractivity contribution in [2.45, 2.75) is 12.8 Å². The molecule has 0 aliphatic rings. The lowest BCUT2D eigenvalue weighted by Crippen LogP contribution is -2.34. The van der Waals surface area contributed by atoms with E-state index in [0.717, 1.165) is 5.56 Å². The van der Waals surface area contributed by atoms with Crippen LogP contribution in [0.3, 0.4) is 0 Å². The first kappa shape index (κ1) is 19.7. The van der Waals surface area contributed by atoms with Gasteiger partial charge in [-0.1, -0.05) is 17.7 Å². The average Bonchev–Trinajstić information content (AvgIpc) is 2.64. The van der Waals surface area contributed by atoms with Gasteiger partial charge >= 0.3 is 0 Å². The van der Waals surface area contributed by atoms with Gasteiger partial charge in [0.1, 0.15) is 0 Å². The molecule has 0 radical (unpaired) electrons. The lowest BCUT2D eigenvalue weighted by atomic mass is 10.1. The number of ether oxygens (including phenoxy) is 1. The van der Waals surface area contributed by atoms with E-state index in [1.165, 1.54) is 19.2 Å². The van der Waals surface area contributed by atoms with E-state index < -0.39 is 5.82 Å². The fraction of sp³-hybridized carbons (Fsp3) is 0.263. The summed E-state index contributed by atoms with van der Waals surface area (Å²) >= 11 is 5.77. The molecule has 0 saturated carbocycles. The third-order valence-corrected chi connectivity index (χ3v) is 3.95. The Bertz CT molecular complexity index is 766. The fourth-order valence-corrected chi connectivity index (χ4v) is 2.42. The summed E-state index contributed by atoms with van der Waals surface area (Å²) in [6, 6.07) is 11.2. The van der Waals surface area contributed by atoms with Crippen LogP contribution in [0.1, 0.15) is 22.3 Å². The van der Waals surface area contributed by atoms with Crippen molar-refractivity contribution < 1.29 is 18.7 Å². The quantitative estimate of drug-likeness (QED) is 0.694. The molecule has 7 heteroatoms. The van der Waals surface area contributed by atoms with Gasteiger partial charge < -0.3 is 15.4 Å². The molecule has 26 heavy (non-hydrogen) atoms. The first-order chi connectivity index (χ1) is 12.5. The maximum atomic E-state index is 13.6. The number of aryl methyl sites for hydroxylation is 1. The molecule has 0 unspecified atom stereocenters. The monoisotopic (exact) mass is 378 g/mol. The molecule has 138 valence electrons. The van der Waals surface area contributed by atoms with E-state index in [-0.39, 0.29) is 24.0 Å². The molecule has 2 aromatic rings. The zero-order chi connectivity index (χ0) is 18.9. The Morgan fingerprint density at radius 3 is 2.42 bits per heavy atom. The highest BCUT2D eigenvalue weighted by molar-refractivity contribution is 6.30. The number of carbonyl (C=O) groups is 2. The van der Waals surface area contributed by atoms with Crippen molar-refractivity contribution >= 4 is 23.4 Å². The first-order valence-corrected chi connectivity index (χ1v) is 8.50. The highest BCUT2D eigenvalue weighted by atomic mass is 35.5. The number of amides is 2. The van der Waals surface area contributed by atoms with Crippen molar-refractivity contribution in [2.24, 2.45) is 0 Å². The van der Waals surface area contributed by atoms with Gasteiger partial charge in [-0.2, -0.15) is 0 Å². The lowest BCUT2D eigenvalue weighted by molar-refractivity contribution is -0.121. The number of rotatable bonds is 8. The van der Waals surface area contributed by atoms with Gasteiger partial charge in [-0.15, -0.1) is 0 Å². The van der Waals surface area contributed by atoms with E-state index in [2.05, 4.69) is 10.6 Å². The van der Waals surface area contributed by atoms with Crippen LogP contribution in [0.4, 0.5) is 4.39 Å². The zero-order valence-corrected chi connectivity index (χ0v) is 15.1. The molecule has 5 nitrogen and oxygen atoms in total.